The molecule has 0 saturated carbocycles. The maximum absolute atomic E-state index is 5.76. The summed E-state index contributed by atoms with van der Waals surface area (Å²) in [6.45, 7) is 6.57. The molecular weight excluding hydrogens is 306 g/mol. The van der Waals surface area contributed by atoms with Crippen molar-refractivity contribution in [1.29, 1.82) is 0 Å². The van der Waals surface area contributed by atoms with Crippen molar-refractivity contribution in [2.45, 2.75) is 26.2 Å². The first-order chi connectivity index (χ1) is 12.0. The number of benzene rings is 3. The summed E-state index contributed by atoms with van der Waals surface area (Å²) in [5, 5.41) is 2.39. The van der Waals surface area contributed by atoms with E-state index >= 15 is 0 Å². The molecule has 0 saturated heterocycles. The van der Waals surface area contributed by atoms with Gasteiger partial charge < -0.3 is 4.42 Å². The predicted molar refractivity (Wildman–Crippen MR) is 103 cm³/mol. The summed E-state index contributed by atoms with van der Waals surface area (Å²) in [5.41, 5.74) is 3.91. The lowest BCUT2D eigenvalue weighted by molar-refractivity contribution is 0.583. The van der Waals surface area contributed by atoms with E-state index in [0.717, 1.165) is 16.7 Å². The van der Waals surface area contributed by atoms with Gasteiger partial charge in [0.1, 0.15) is 5.52 Å². The molecule has 2 nitrogen and oxygen atoms in total. The molecule has 1 heterocycles. The van der Waals surface area contributed by atoms with E-state index in [1.165, 1.54) is 16.3 Å². The summed E-state index contributed by atoms with van der Waals surface area (Å²) in [6.07, 6.45) is 0. The molecule has 0 fully saturated rings. The van der Waals surface area contributed by atoms with Crippen molar-refractivity contribution < 1.29 is 4.42 Å². The normalized spacial score (nSPS) is 11.5. The van der Waals surface area contributed by atoms with Gasteiger partial charge in [-0.25, -0.2) is 4.98 Å². The SMILES string of the molecule is CC(C)(C)c1ccc2oc(C#Cc3ccc4ccccc4c3)nc2c1. The first kappa shape index (κ1) is 15.5. The number of aromatic nitrogens is 1. The monoisotopic (exact) mass is 325 g/mol. The molecule has 0 atom stereocenters. The van der Waals surface area contributed by atoms with E-state index in [1.807, 2.05) is 24.3 Å². The third-order valence-corrected chi connectivity index (χ3v) is 4.32. The van der Waals surface area contributed by atoms with Crippen molar-refractivity contribution in [2.24, 2.45) is 0 Å². The molecule has 0 spiro atoms. The first-order valence-electron chi connectivity index (χ1n) is 8.41. The standard InChI is InChI=1S/C23H19NO/c1-23(2,3)19-11-12-21-20(15-19)24-22(25-21)13-9-16-8-10-17-6-4-5-7-18(17)14-16/h4-8,10-12,14-15H,1-3H3. The van der Waals surface area contributed by atoms with Crippen LogP contribution in [0.5, 0.6) is 0 Å². The van der Waals surface area contributed by atoms with Crippen LogP contribution in [0.15, 0.2) is 65.1 Å². The van der Waals surface area contributed by atoms with Gasteiger partial charge in [-0.15, -0.1) is 0 Å². The Morgan fingerprint density at radius 1 is 0.840 bits per heavy atom. The minimum absolute atomic E-state index is 0.0874. The highest BCUT2D eigenvalue weighted by atomic mass is 16.3. The van der Waals surface area contributed by atoms with Gasteiger partial charge in [0.05, 0.1) is 0 Å². The Balaban J connectivity index is 1.69. The van der Waals surface area contributed by atoms with Crippen LogP contribution in [0.3, 0.4) is 0 Å². The zero-order chi connectivity index (χ0) is 17.4. The minimum atomic E-state index is 0.0874. The van der Waals surface area contributed by atoms with E-state index in [2.05, 4.69) is 74.0 Å². The average Bonchev–Trinajstić information content (AvgIpc) is 3.01. The van der Waals surface area contributed by atoms with Crippen molar-refractivity contribution in [3.8, 4) is 11.8 Å². The fourth-order valence-electron chi connectivity index (χ4n) is 2.84. The van der Waals surface area contributed by atoms with E-state index in [1.54, 1.807) is 0 Å². The fourth-order valence-corrected chi connectivity index (χ4v) is 2.84. The van der Waals surface area contributed by atoms with Crippen molar-refractivity contribution in [3.63, 3.8) is 0 Å². The molecule has 4 aromatic rings. The number of hydrogen-bond acceptors (Lipinski definition) is 2. The molecule has 0 aliphatic rings. The van der Waals surface area contributed by atoms with Gasteiger partial charge in [0.2, 0.25) is 0 Å². The van der Waals surface area contributed by atoms with Gasteiger partial charge in [-0.3, -0.25) is 0 Å². The summed E-state index contributed by atoms with van der Waals surface area (Å²) in [4.78, 5) is 4.52. The number of fused-ring (bicyclic) bond motifs is 2. The second-order valence-corrected chi connectivity index (χ2v) is 7.26. The molecule has 1 aromatic heterocycles. The van der Waals surface area contributed by atoms with Crippen LogP contribution in [0.25, 0.3) is 21.9 Å². The van der Waals surface area contributed by atoms with Gasteiger partial charge in [0, 0.05) is 5.56 Å². The van der Waals surface area contributed by atoms with Crippen molar-refractivity contribution in [3.05, 3.63) is 77.7 Å². The van der Waals surface area contributed by atoms with Crippen LogP contribution in [0, 0.1) is 11.8 Å². The molecule has 0 radical (unpaired) electrons. The lowest BCUT2D eigenvalue weighted by Gasteiger charge is -2.18. The van der Waals surface area contributed by atoms with Crippen LogP contribution >= 0.6 is 0 Å². The van der Waals surface area contributed by atoms with Crippen LogP contribution in [0.4, 0.5) is 0 Å². The van der Waals surface area contributed by atoms with E-state index < -0.39 is 0 Å². The highest BCUT2D eigenvalue weighted by Gasteiger charge is 2.15. The van der Waals surface area contributed by atoms with Gasteiger partial charge >= 0.3 is 0 Å². The van der Waals surface area contributed by atoms with Crippen LogP contribution in [-0.4, -0.2) is 4.98 Å². The van der Waals surface area contributed by atoms with Crippen molar-refractivity contribution in [1.82, 2.24) is 4.98 Å². The maximum atomic E-state index is 5.76. The van der Waals surface area contributed by atoms with Crippen LogP contribution in [0.2, 0.25) is 0 Å². The largest absolute Gasteiger partial charge is 0.430 e. The third-order valence-electron chi connectivity index (χ3n) is 4.32. The third kappa shape index (κ3) is 3.14. The summed E-state index contributed by atoms with van der Waals surface area (Å²) in [7, 11) is 0. The second kappa shape index (κ2) is 5.79. The van der Waals surface area contributed by atoms with E-state index in [-0.39, 0.29) is 5.41 Å². The minimum Gasteiger partial charge on any atom is -0.430 e. The second-order valence-electron chi connectivity index (χ2n) is 7.26. The Morgan fingerprint density at radius 3 is 2.44 bits per heavy atom. The fraction of sp³-hybridized carbons (Fsp3) is 0.174. The zero-order valence-corrected chi connectivity index (χ0v) is 14.6. The Labute approximate surface area is 147 Å². The molecule has 0 unspecified atom stereocenters. The molecule has 0 bridgehead atoms. The molecule has 0 aliphatic carbocycles. The van der Waals surface area contributed by atoms with Gasteiger partial charge in [0.25, 0.3) is 5.89 Å². The molecule has 4 rings (SSSR count). The van der Waals surface area contributed by atoms with E-state index in [4.69, 9.17) is 4.42 Å². The zero-order valence-electron chi connectivity index (χ0n) is 14.6. The van der Waals surface area contributed by atoms with Crippen LogP contribution in [-0.2, 0) is 5.41 Å². The highest BCUT2D eigenvalue weighted by Crippen LogP contribution is 2.26. The Bertz CT molecular complexity index is 1130. The lowest BCUT2D eigenvalue weighted by Crippen LogP contribution is -2.10. The van der Waals surface area contributed by atoms with Crippen molar-refractivity contribution in [2.75, 3.05) is 0 Å². The lowest BCUT2D eigenvalue weighted by atomic mass is 9.87. The number of oxazole rings is 1. The summed E-state index contributed by atoms with van der Waals surface area (Å²) in [5.74, 6) is 6.65. The number of nitrogens with zero attached hydrogens (tertiary/aromatic N) is 1. The smallest absolute Gasteiger partial charge is 0.274 e. The summed E-state index contributed by atoms with van der Waals surface area (Å²) >= 11 is 0. The number of hydrogen-bond donors (Lipinski definition) is 0. The average molecular weight is 325 g/mol. The Morgan fingerprint density at radius 2 is 1.64 bits per heavy atom. The molecule has 2 heteroatoms. The van der Waals surface area contributed by atoms with Crippen LogP contribution in [0.1, 0.15) is 37.8 Å². The molecule has 25 heavy (non-hydrogen) atoms. The van der Waals surface area contributed by atoms with Crippen LogP contribution < -0.4 is 0 Å². The first-order valence-corrected chi connectivity index (χ1v) is 8.41. The van der Waals surface area contributed by atoms with Gasteiger partial charge in [-0.2, -0.15) is 0 Å². The highest BCUT2D eigenvalue weighted by molar-refractivity contribution is 5.83. The quantitative estimate of drug-likeness (QED) is 0.389. The molecule has 122 valence electrons. The molecule has 0 N–H and O–H groups in total. The van der Waals surface area contributed by atoms with E-state index in [0.29, 0.717) is 5.89 Å². The molecule has 0 amide bonds. The molecule has 0 aliphatic heterocycles. The Kier molecular flexibility index (Phi) is 3.58. The maximum Gasteiger partial charge on any atom is 0.274 e. The van der Waals surface area contributed by atoms with Crippen molar-refractivity contribution >= 4 is 21.9 Å². The van der Waals surface area contributed by atoms with Gasteiger partial charge in [-0.05, 0) is 51.9 Å². The summed E-state index contributed by atoms with van der Waals surface area (Å²) < 4.78 is 5.76. The molecule has 3 aromatic carbocycles. The summed E-state index contributed by atoms with van der Waals surface area (Å²) in [6, 6.07) is 20.6. The van der Waals surface area contributed by atoms with Gasteiger partial charge in [0.15, 0.2) is 5.58 Å². The predicted octanol–water partition coefficient (Wildman–Crippen LogP) is 5.68. The number of rotatable bonds is 0. The van der Waals surface area contributed by atoms with Gasteiger partial charge in [-0.1, -0.05) is 63.1 Å². The Hall–Kier alpha value is -3.05. The topological polar surface area (TPSA) is 26.0 Å². The molecular formula is C23H19NO. The van der Waals surface area contributed by atoms with E-state index in [9.17, 15) is 0 Å².